The van der Waals surface area contributed by atoms with E-state index in [0.717, 1.165) is 0 Å². The van der Waals surface area contributed by atoms with Crippen LogP contribution in [0.3, 0.4) is 0 Å². The predicted molar refractivity (Wildman–Crippen MR) is 48.6 cm³/mol. The first-order valence-electron chi connectivity index (χ1n) is 4.17. The van der Waals surface area contributed by atoms with Crippen molar-refractivity contribution >= 4 is 0 Å². The molecule has 0 amide bonds. The molecule has 0 aromatic rings. The second kappa shape index (κ2) is 3.11. The van der Waals surface area contributed by atoms with Gasteiger partial charge in [0.15, 0.2) is 0 Å². The first-order chi connectivity index (χ1) is 4.67. The topological polar surface area (TPSA) is 32.3 Å². The van der Waals surface area contributed by atoms with Crippen LogP contribution in [0.5, 0.6) is 0 Å². The molecule has 0 radical (unpaired) electrons. The minimum absolute atomic E-state index is 0.235. The Morgan fingerprint density at radius 2 is 1.45 bits per heavy atom. The minimum atomic E-state index is -0.683. The fraction of sp³-hybridized carbons (Fsp3) is 1.00. The molecule has 0 saturated heterocycles. The summed E-state index contributed by atoms with van der Waals surface area (Å²) in [5, 5.41) is 13.0. The first kappa shape index (κ1) is 10.9. The largest absolute Gasteiger partial charge is 0.389 e. The molecule has 0 fully saturated rings. The highest BCUT2D eigenvalue weighted by Gasteiger charge is 2.34. The Bertz CT molecular complexity index is 122. The lowest BCUT2D eigenvalue weighted by Crippen LogP contribution is -2.57. The number of rotatable bonds is 3. The SMILES string of the molecule is CC(C)NC(C)(C)C(C)(C)O. The predicted octanol–water partition coefficient (Wildman–Crippen LogP) is 1.53. The Balaban J connectivity index is 4.22. The third-order valence-corrected chi connectivity index (χ3v) is 2.18. The van der Waals surface area contributed by atoms with Crippen molar-refractivity contribution in [3.63, 3.8) is 0 Å². The molecular weight excluding hydrogens is 138 g/mol. The van der Waals surface area contributed by atoms with Gasteiger partial charge in [-0.25, -0.2) is 0 Å². The lowest BCUT2D eigenvalue weighted by molar-refractivity contribution is -0.00815. The van der Waals surface area contributed by atoms with E-state index in [1.165, 1.54) is 0 Å². The lowest BCUT2D eigenvalue weighted by Gasteiger charge is -2.39. The maximum Gasteiger partial charge on any atom is 0.0767 e. The monoisotopic (exact) mass is 159 g/mol. The third kappa shape index (κ3) is 3.21. The van der Waals surface area contributed by atoms with Gasteiger partial charge in [-0.1, -0.05) is 13.8 Å². The molecule has 68 valence electrons. The fourth-order valence-corrected chi connectivity index (χ4v) is 0.898. The van der Waals surface area contributed by atoms with E-state index in [9.17, 15) is 5.11 Å². The van der Waals surface area contributed by atoms with Crippen LogP contribution in [-0.2, 0) is 0 Å². The van der Waals surface area contributed by atoms with Gasteiger partial charge in [-0.2, -0.15) is 0 Å². The molecular formula is C9H21NO. The summed E-state index contributed by atoms with van der Waals surface area (Å²) in [6, 6.07) is 0.399. The lowest BCUT2D eigenvalue weighted by atomic mass is 9.85. The van der Waals surface area contributed by atoms with E-state index in [1.807, 2.05) is 27.7 Å². The normalized spacial score (nSPS) is 14.2. The average Bonchev–Trinajstić information content (AvgIpc) is 1.56. The molecule has 0 aromatic heterocycles. The van der Waals surface area contributed by atoms with E-state index in [0.29, 0.717) is 6.04 Å². The fourth-order valence-electron chi connectivity index (χ4n) is 0.898. The Morgan fingerprint density at radius 1 is 1.09 bits per heavy atom. The van der Waals surface area contributed by atoms with E-state index in [-0.39, 0.29) is 5.54 Å². The summed E-state index contributed by atoms with van der Waals surface area (Å²) in [5.74, 6) is 0. The van der Waals surface area contributed by atoms with Crippen LogP contribution >= 0.6 is 0 Å². The van der Waals surface area contributed by atoms with Gasteiger partial charge in [-0.05, 0) is 27.7 Å². The first-order valence-corrected chi connectivity index (χ1v) is 4.17. The van der Waals surface area contributed by atoms with Gasteiger partial charge in [0, 0.05) is 11.6 Å². The highest BCUT2D eigenvalue weighted by molar-refractivity contribution is 4.94. The van der Waals surface area contributed by atoms with Crippen molar-refractivity contribution in [3.8, 4) is 0 Å². The quantitative estimate of drug-likeness (QED) is 0.654. The van der Waals surface area contributed by atoms with E-state index < -0.39 is 5.60 Å². The number of hydrogen-bond donors (Lipinski definition) is 2. The van der Waals surface area contributed by atoms with E-state index in [4.69, 9.17) is 0 Å². The Labute approximate surface area is 70.0 Å². The zero-order valence-electron chi connectivity index (χ0n) is 8.52. The summed E-state index contributed by atoms with van der Waals surface area (Å²) in [6.45, 7) is 11.8. The second-order valence-electron chi connectivity index (χ2n) is 4.48. The molecule has 0 rings (SSSR count). The van der Waals surface area contributed by atoms with Crippen LogP contribution in [0, 0.1) is 0 Å². The van der Waals surface area contributed by atoms with Gasteiger partial charge in [0.05, 0.1) is 5.60 Å². The van der Waals surface area contributed by atoms with Crippen LogP contribution in [0.15, 0.2) is 0 Å². The second-order valence-corrected chi connectivity index (χ2v) is 4.48. The third-order valence-electron chi connectivity index (χ3n) is 2.18. The van der Waals surface area contributed by atoms with Crippen molar-refractivity contribution in [1.29, 1.82) is 0 Å². The highest BCUT2D eigenvalue weighted by Crippen LogP contribution is 2.20. The average molecular weight is 159 g/mol. The van der Waals surface area contributed by atoms with Crippen molar-refractivity contribution in [3.05, 3.63) is 0 Å². The molecule has 0 unspecified atom stereocenters. The summed E-state index contributed by atoms with van der Waals surface area (Å²) in [7, 11) is 0. The standard InChI is InChI=1S/C9H21NO/c1-7(2)10-8(3,4)9(5,6)11/h7,10-11H,1-6H3. The summed E-state index contributed by atoms with van der Waals surface area (Å²) >= 11 is 0. The van der Waals surface area contributed by atoms with Gasteiger partial charge in [-0.15, -0.1) is 0 Å². The van der Waals surface area contributed by atoms with Crippen LogP contribution < -0.4 is 5.32 Å². The molecule has 2 heteroatoms. The van der Waals surface area contributed by atoms with Crippen molar-refractivity contribution in [2.75, 3.05) is 0 Å². The van der Waals surface area contributed by atoms with Gasteiger partial charge in [-0.3, -0.25) is 0 Å². The van der Waals surface area contributed by atoms with Gasteiger partial charge in [0.1, 0.15) is 0 Å². The molecule has 0 aliphatic rings. The molecule has 2 N–H and O–H groups in total. The zero-order chi connectivity index (χ0) is 9.28. The van der Waals surface area contributed by atoms with Crippen molar-refractivity contribution < 1.29 is 5.11 Å². The van der Waals surface area contributed by atoms with Gasteiger partial charge >= 0.3 is 0 Å². The van der Waals surface area contributed by atoms with Crippen LogP contribution in [0.25, 0.3) is 0 Å². The maximum absolute atomic E-state index is 9.73. The summed E-state index contributed by atoms with van der Waals surface area (Å²) < 4.78 is 0. The van der Waals surface area contributed by atoms with Gasteiger partial charge in [0.2, 0.25) is 0 Å². The van der Waals surface area contributed by atoms with Gasteiger partial charge < -0.3 is 10.4 Å². The van der Waals surface area contributed by atoms with Crippen LogP contribution in [0.4, 0.5) is 0 Å². The Kier molecular flexibility index (Phi) is 3.09. The molecule has 0 bridgehead atoms. The molecule has 0 aliphatic carbocycles. The van der Waals surface area contributed by atoms with Gasteiger partial charge in [0.25, 0.3) is 0 Å². The molecule has 0 atom stereocenters. The summed E-state index contributed by atoms with van der Waals surface area (Å²) in [4.78, 5) is 0. The molecule has 2 nitrogen and oxygen atoms in total. The number of nitrogens with one attached hydrogen (secondary N) is 1. The molecule has 0 spiro atoms. The zero-order valence-corrected chi connectivity index (χ0v) is 8.52. The molecule has 0 heterocycles. The number of hydrogen-bond acceptors (Lipinski definition) is 2. The number of aliphatic hydroxyl groups is 1. The van der Waals surface area contributed by atoms with Crippen LogP contribution in [0.1, 0.15) is 41.5 Å². The van der Waals surface area contributed by atoms with E-state index in [2.05, 4.69) is 19.2 Å². The maximum atomic E-state index is 9.73. The van der Waals surface area contributed by atoms with Crippen LogP contribution in [-0.4, -0.2) is 22.3 Å². The molecule has 0 aliphatic heterocycles. The summed E-state index contributed by atoms with van der Waals surface area (Å²) in [6.07, 6.45) is 0. The minimum Gasteiger partial charge on any atom is -0.389 e. The van der Waals surface area contributed by atoms with E-state index >= 15 is 0 Å². The van der Waals surface area contributed by atoms with Crippen molar-refractivity contribution in [2.45, 2.75) is 58.7 Å². The molecule has 0 aromatic carbocycles. The smallest absolute Gasteiger partial charge is 0.0767 e. The van der Waals surface area contributed by atoms with Crippen molar-refractivity contribution in [1.82, 2.24) is 5.32 Å². The summed E-state index contributed by atoms with van der Waals surface area (Å²) in [5.41, 5.74) is -0.918. The highest BCUT2D eigenvalue weighted by atomic mass is 16.3. The Hall–Kier alpha value is -0.0800. The molecule has 0 saturated carbocycles. The molecule has 11 heavy (non-hydrogen) atoms. The van der Waals surface area contributed by atoms with Crippen LogP contribution in [0.2, 0.25) is 0 Å². The Morgan fingerprint density at radius 3 is 1.55 bits per heavy atom. The van der Waals surface area contributed by atoms with Crippen molar-refractivity contribution in [2.24, 2.45) is 0 Å². The van der Waals surface area contributed by atoms with E-state index in [1.54, 1.807) is 0 Å².